The standard InChI is InChI=1S/C21H28FN5O/c22-19-8-3-11-23-20(19)27-13-10-17(15-27)26-21(25-16-5-1-2-6-16)24-12-9-18-7-4-14-28-18/h3-4,7-8,11,14,16-17H,1-2,5-6,9-10,12-13,15H2,(H2,24,25,26). The molecule has 7 heteroatoms. The van der Waals surface area contributed by atoms with E-state index in [1.807, 2.05) is 17.0 Å². The fourth-order valence-corrected chi connectivity index (χ4v) is 4.00. The Labute approximate surface area is 165 Å². The number of rotatable bonds is 6. The summed E-state index contributed by atoms with van der Waals surface area (Å²) in [4.78, 5) is 11.0. The van der Waals surface area contributed by atoms with E-state index in [2.05, 4.69) is 15.6 Å². The van der Waals surface area contributed by atoms with Crippen LogP contribution >= 0.6 is 0 Å². The maximum absolute atomic E-state index is 14.0. The number of anilines is 1. The van der Waals surface area contributed by atoms with E-state index in [9.17, 15) is 4.39 Å². The molecule has 28 heavy (non-hydrogen) atoms. The fraction of sp³-hybridized carbons (Fsp3) is 0.524. The molecular weight excluding hydrogens is 357 g/mol. The molecule has 0 amide bonds. The molecule has 0 aromatic carbocycles. The van der Waals surface area contributed by atoms with Crippen LogP contribution in [0.2, 0.25) is 0 Å². The van der Waals surface area contributed by atoms with Crippen molar-refractivity contribution in [2.45, 2.75) is 50.6 Å². The number of aromatic nitrogens is 1. The molecule has 1 aliphatic heterocycles. The number of hydrogen-bond donors (Lipinski definition) is 2. The van der Waals surface area contributed by atoms with E-state index in [4.69, 9.17) is 9.41 Å². The molecule has 1 aliphatic carbocycles. The van der Waals surface area contributed by atoms with E-state index in [0.29, 0.717) is 18.4 Å². The summed E-state index contributed by atoms with van der Waals surface area (Å²) >= 11 is 0. The predicted molar refractivity (Wildman–Crippen MR) is 108 cm³/mol. The van der Waals surface area contributed by atoms with Crippen molar-refractivity contribution in [3.05, 3.63) is 48.3 Å². The molecule has 2 aromatic heterocycles. The highest BCUT2D eigenvalue weighted by molar-refractivity contribution is 5.80. The zero-order valence-corrected chi connectivity index (χ0v) is 16.1. The SMILES string of the molecule is Fc1cccnc1N1CCC(NC(=NCCc2ccco2)NC2CCCC2)C1. The number of nitrogens with one attached hydrogen (secondary N) is 2. The number of furan rings is 1. The first-order chi connectivity index (χ1) is 13.8. The van der Waals surface area contributed by atoms with E-state index in [0.717, 1.165) is 37.7 Å². The second kappa shape index (κ2) is 9.08. The van der Waals surface area contributed by atoms with Gasteiger partial charge in [-0.3, -0.25) is 4.99 Å². The Hall–Kier alpha value is -2.57. The zero-order valence-electron chi connectivity index (χ0n) is 16.1. The molecule has 2 aromatic rings. The number of pyridine rings is 1. The lowest BCUT2D eigenvalue weighted by Crippen LogP contribution is -2.47. The van der Waals surface area contributed by atoms with Crippen LogP contribution in [-0.4, -0.2) is 42.7 Å². The Kier molecular flexibility index (Phi) is 6.09. The number of halogens is 1. The highest BCUT2D eigenvalue weighted by Crippen LogP contribution is 2.21. The Balaban J connectivity index is 1.36. The maximum atomic E-state index is 14.0. The summed E-state index contributed by atoms with van der Waals surface area (Å²) in [5.41, 5.74) is 0. The van der Waals surface area contributed by atoms with E-state index in [1.165, 1.54) is 31.7 Å². The molecule has 0 radical (unpaired) electrons. The molecular formula is C21H28FN5O. The zero-order chi connectivity index (χ0) is 19.2. The third-order valence-electron chi connectivity index (χ3n) is 5.47. The average Bonchev–Trinajstić information content (AvgIpc) is 3.45. The third kappa shape index (κ3) is 4.82. The molecule has 0 bridgehead atoms. The Morgan fingerprint density at radius 3 is 2.82 bits per heavy atom. The van der Waals surface area contributed by atoms with Gasteiger partial charge in [-0.25, -0.2) is 9.37 Å². The molecule has 1 atom stereocenters. The maximum Gasteiger partial charge on any atom is 0.191 e. The van der Waals surface area contributed by atoms with Crippen LogP contribution in [0, 0.1) is 5.82 Å². The van der Waals surface area contributed by atoms with Gasteiger partial charge in [0.15, 0.2) is 17.6 Å². The van der Waals surface area contributed by atoms with E-state index >= 15 is 0 Å². The van der Waals surface area contributed by atoms with Gasteiger partial charge in [-0.15, -0.1) is 0 Å². The van der Waals surface area contributed by atoms with Crippen LogP contribution in [-0.2, 0) is 6.42 Å². The fourth-order valence-electron chi connectivity index (χ4n) is 4.00. The lowest BCUT2D eigenvalue weighted by Gasteiger charge is -2.22. The van der Waals surface area contributed by atoms with E-state index in [1.54, 1.807) is 18.5 Å². The molecule has 1 saturated heterocycles. The number of nitrogens with zero attached hydrogens (tertiary/aromatic N) is 3. The minimum atomic E-state index is -0.264. The average molecular weight is 385 g/mol. The molecule has 0 spiro atoms. The first-order valence-corrected chi connectivity index (χ1v) is 10.2. The van der Waals surface area contributed by atoms with Crippen molar-refractivity contribution >= 4 is 11.8 Å². The van der Waals surface area contributed by atoms with Crippen molar-refractivity contribution < 1.29 is 8.81 Å². The van der Waals surface area contributed by atoms with Crippen molar-refractivity contribution in [3.8, 4) is 0 Å². The van der Waals surface area contributed by atoms with Crippen molar-refractivity contribution in [1.82, 2.24) is 15.6 Å². The molecule has 1 saturated carbocycles. The van der Waals surface area contributed by atoms with Gasteiger partial charge in [0.1, 0.15) is 5.76 Å². The molecule has 2 fully saturated rings. The van der Waals surface area contributed by atoms with Crippen LogP contribution in [0.5, 0.6) is 0 Å². The summed E-state index contributed by atoms with van der Waals surface area (Å²) in [6.07, 6.45) is 9.96. The quantitative estimate of drug-likeness (QED) is 0.591. The van der Waals surface area contributed by atoms with Gasteiger partial charge in [0.2, 0.25) is 0 Å². The van der Waals surface area contributed by atoms with Gasteiger partial charge in [0, 0.05) is 44.3 Å². The van der Waals surface area contributed by atoms with Crippen LogP contribution in [0.25, 0.3) is 0 Å². The van der Waals surface area contributed by atoms with Gasteiger partial charge in [-0.2, -0.15) is 0 Å². The van der Waals surface area contributed by atoms with Crippen molar-refractivity contribution in [1.29, 1.82) is 0 Å². The van der Waals surface area contributed by atoms with Crippen LogP contribution in [0.1, 0.15) is 37.9 Å². The van der Waals surface area contributed by atoms with Crippen LogP contribution in [0.15, 0.2) is 46.1 Å². The van der Waals surface area contributed by atoms with Crippen molar-refractivity contribution in [3.63, 3.8) is 0 Å². The van der Waals surface area contributed by atoms with Crippen molar-refractivity contribution in [2.75, 3.05) is 24.5 Å². The second-order valence-electron chi connectivity index (χ2n) is 7.57. The van der Waals surface area contributed by atoms with E-state index in [-0.39, 0.29) is 11.9 Å². The Morgan fingerprint density at radius 1 is 1.18 bits per heavy atom. The van der Waals surface area contributed by atoms with Gasteiger partial charge < -0.3 is 20.0 Å². The number of hydrogen-bond acceptors (Lipinski definition) is 4. The topological polar surface area (TPSA) is 65.7 Å². The van der Waals surface area contributed by atoms with Gasteiger partial charge >= 0.3 is 0 Å². The largest absolute Gasteiger partial charge is 0.469 e. The third-order valence-corrected chi connectivity index (χ3v) is 5.47. The molecule has 1 unspecified atom stereocenters. The Morgan fingerprint density at radius 2 is 2.04 bits per heavy atom. The lowest BCUT2D eigenvalue weighted by atomic mass is 10.2. The van der Waals surface area contributed by atoms with E-state index < -0.39 is 0 Å². The lowest BCUT2D eigenvalue weighted by molar-refractivity contribution is 0.510. The summed E-state index contributed by atoms with van der Waals surface area (Å²) < 4.78 is 19.4. The number of aliphatic imine (C=N–C) groups is 1. The molecule has 3 heterocycles. The number of guanidine groups is 1. The summed E-state index contributed by atoms with van der Waals surface area (Å²) in [5.74, 6) is 1.97. The predicted octanol–water partition coefficient (Wildman–Crippen LogP) is 3.11. The normalized spacial score (nSPS) is 20.7. The van der Waals surface area contributed by atoms with Crippen LogP contribution in [0.3, 0.4) is 0 Å². The monoisotopic (exact) mass is 385 g/mol. The van der Waals surface area contributed by atoms with Crippen LogP contribution in [0.4, 0.5) is 10.2 Å². The molecule has 4 rings (SSSR count). The molecule has 150 valence electrons. The minimum absolute atomic E-state index is 0.220. The smallest absolute Gasteiger partial charge is 0.191 e. The van der Waals surface area contributed by atoms with Crippen LogP contribution < -0.4 is 15.5 Å². The minimum Gasteiger partial charge on any atom is -0.469 e. The first kappa shape index (κ1) is 18.8. The Bertz CT molecular complexity index is 773. The van der Waals surface area contributed by atoms with Gasteiger partial charge in [-0.05, 0) is 43.5 Å². The summed E-state index contributed by atoms with van der Waals surface area (Å²) in [6.45, 7) is 2.17. The highest BCUT2D eigenvalue weighted by atomic mass is 19.1. The summed E-state index contributed by atoms with van der Waals surface area (Å²) in [5, 5.41) is 7.15. The van der Waals surface area contributed by atoms with Crippen molar-refractivity contribution in [2.24, 2.45) is 4.99 Å². The summed E-state index contributed by atoms with van der Waals surface area (Å²) in [6, 6.07) is 7.67. The highest BCUT2D eigenvalue weighted by Gasteiger charge is 2.26. The molecule has 2 N–H and O–H groups in total. The molecule has 2 aliphatic rings. The molecule has 6 nitrogen and oxygen atoms in total. The second-order valence-corrected chi connectivity index (χ2v) is 7.57. The van der Waals surface area contributed by atoms with Gasteiger partial charge in [-0.1, -0.05) is 12.8 Å². The summed E-state index contributed by atoms with van der Waals surface area (Å²) in [7, 11) is 0. The van der Waals surface area contributed by atoms with Gasteiger partial charge in [0.25, 0.3) is 0 Å². The first-order valence-electron chi connectivity index (χ1n) is 10.2. The van der Waals surface area contributed by atoms with Gasteiger partial charge in [0.05, 0.1) is 6.26 Å².